The van der Waals surface area contributed by atoms with Gasteiger partial charge in [-0.3, -0.25) is 9.67 Å². The predicted octanol–water partition coefficient (Wildman–Crippen LogP) is 6.51. The molecule has 0 bridgehead atoms. The van der Waals surface area contributed by atoms with Gasteiger partial charge in [0.15, 0.2) is 11.6 Å². The minimum Gasteiger partial charge on any atom is -0.493 e. The number of nitrogens with zero attached hydrogens (tertiary/aromatic N) is 5. The summed E-state index contributed by atoms with van der Waals surface area (Å²) in [5.74, 6) is 0.348. The third-order valence-corrected chi connectivity index (χ3v) is 7.90. The molecular weight excluding hydrogens is 566 g/mol. The van der Waals surface area contributed by atoms with Crippen LogP contribution < -0.4 is 14.8 Å². The minimum atomic E-state index is -0.719. The maximum absolute atomic E-state index is 15.2. The Balaban J connectivity index is 1.43. The second-order valence-electron chi connectivity index (χ2n) is 11.6. The van der Waals surface area contributed by atoms with Crippen LogP contribution in [-0.2, 0) is 24.1 Å². The van der Waals surface area contributed by atoms with Crippen LogP contribution in [-0.4, -0.2) is 52.2 Å². The summed E-state index contributed by atoms with van der Waals surface area (Å²) < 4.78 is 47.8. The number of methoxy groups -OCH3 is 2. The van der Waals surface area contributed by atoms with Crippen molar-refractivity contribution in [2.45, 2.75) is 39.7 Å². The van der Waals surface area contributed by atoms with E-state index in [1.807, 2.05) is 30.3 Å². The van der Waals surface area contributed by atoms with E-state index in [0.717, 1.165) is 41.6 Å². The number of ether oxygens (including phenoxy) is 3. The van der Waals surface area contributed by atoms with Gasteiger partial charge < -0.3 is 19.5 Å². The Bertz CT molecular complexity index is 1800. The molecule has 6 rings (SSSR count). The summed E-state index contributed by atoms with van der Waals surface area (Å²) in [5, 5.41) is 9.06. The van der Waals surface area contributed by atoms with Gasteiger partial charge in [0.2, 0.25) is 0 Å². The van der Waals surface area contributed by atoms with E-state index in [0.29, 0.717) is 35.2 Å². The van der Waals surface area contributed by atoms with Gasteiger partial charge in [0, 0.05) is 42.0 Å². The topological polar surface area (TPSA) is 96.2 Å². The van der Waals surface area contributed by atoms with Gasteiger partial charge in [-0.25, -0.2) is 18.7 Å². The Kier molecular flexibility index (Phi) is 8.13. The Morgan fingerprint density at radius 3 is 2.59 bits per heavy atom. The number of pyridine rings is 1. The maximum Gasteiger partial charge on any atom is 0.182 e. The van der Waals surface area contributed by atoms with Crippen molar-refractivity contribution in [2.24, 2.45) is 5.41 Å². The number of hydrogen-bond donors (Lipinski definition) is 1. The maximum atomic E-state index is 15.2. The fraction of sp³-hybridized carbons (Fsp3) is 0.333. The highest BCUT2D eigenvalue weighted by molar-refractivity contribution is 5.92. The highest BCUT2D eigenvalue weighted by Crippen LogP contribution is 2.39. The second kappa shape index (κ2) is 12.2. The molecule has 44 heavy (non-hydrogen) atoms. The quantitative estimate of drug-likeness (QED) is 0.181. The van der Waals surface area contributed by atoms with Crippen LogP contribution in [0.1, 0.15) is 37.1 Å². The number of halogens is 2. The van der Waals surface area contributed by atoms with Crippen LogP contribution in [0, 0.1) is 17.0 Å². The van der Waals surface area contributed by atoms with Crippen LogP contribution in [0.2, 0.25) is 0 Å². The van der Waals surface area contributed by atoms with Gasteiger partial charge in [-0.15, -0.1) is 0 Å². The molecule has 0 amide bonds. The Morgan fingerprint density at radius 1 is 1.02 bits per heavy atom. The van der Waals surface area contributed by atoms with Gasteiger partial charge in [-0.05, 0) is 36.8 Å². The van der Waals surface area contributed by atoms with Gasteiger partial charge in [0.05, 0.1) is 43.4 Å². The Hall–Kier alpha value is -4.64. The van der Waals surface area contributed by atoms with Crippen molar-refractivity contribution in [3.63, 3.8) is 0 Å². The Morgan fingerprint density at radius 2 is 1.82 bits per heavy atom. The van der Waals surface area contributed by atoms with Crippen molar-refractivity contribution in [3.05, 3.63) is 83.3 Å². The smallest absolute Gasteiger partial charge is 0.182 e. The van der Waals surface area contributed by atoms with Gasteiger partial charge in [0.1, 0.15) is 35.5 Å². The van der Waals surface area contributed by atoms with Gasteiger partial charge in [0.25, 0.3) is 0 Å². The van der Waals surface area contributed by atoms with Crippen molar-refractivity contribution in [3.8, 4) is 23.0 Å². The fourth-order valence-electron chi connectivity index (χ4n) is 5.55. The van der Waals surface area contributed by atoms with E-state index in [4.69, 9.17) is 29.3 Å². The molecule has 0 saturated carbocycles. The third-order valence-electron chi connectivity index (χ3n) is 7.90. The lowest BCUT2D eigenvalue weighted by Gasteiger charge is -2.31. The normalized spacial score (nSPS) is 14.0. The first-order valence-electron chi connectivity index (χ1n) is 14.5. The summed E-state index contributed by atoms with van der Waals surface area (Å²) in [4.78, 5) is 14.2. The van der Waals surface area contributed by atoms with Crippen molar-refractivity contribution in [1.82, 2.24) is 24.7 Å². The average molecular weight is 601 g/mol. The first-order valence-corrected chi connectivity index (χ1v) is 14.5. The molecule has 0 unspecified atom stereocenters. The number of anilines is 2. The molecule has 1 aliphatic rings. The standard InChI is InChI=1S/C33H34F2N6O3/c1-33(2)11-9-21-27(17-33)38-32(39-31(21)37-26-10-12-36-18-29(26)43-4)30-22-7-5-6-8-28(22)41(40-30)19-23-24(34)15-20(16-25(23)35)44-14-13-42-3/h5-8,10,12,15-16,18H,9,11,13-14,17,19H2,1-4H3,(H,36,37,38,39). The van der Waals surface area contributed by atoms with Crippen LogP contribution in [0.5, 0.6) is 11.5 Å². The molecule has 1 N–H and O–H groups in total. The number of fused-ring (bicyclic) bond motifs is 2. The van der Waals surface area contributed by atoms with E-state index in [-0.39, 0.29) is 29.9 Å². The predicted molar refractivity (Wildman–Crippen MR) is 163 cm³/mol. The number of hydrogen-bond acceptors (Lipinski definition) is 8. The lowest BCUT2D eigenvalue weighted by Crippen LogP contribution is -2.25. The molecule has 3 heterocycles. The summed E-state index contributed by atoms with van der Waals surface area (Å²) in [7, 11) is 3.12. The molecule has 0 saturated heterocycles. The summed E-state index contributed by atoms with van der Waals surface area (Å²) in [5.41, 5.74) is 3.90. The zero-order valence-electron chi connectivity index (χ0n) is 25.2. The van der Waals surface area contributed by atoms with E-state index >= 15 is 8.78 Å². The molecule has 228 valence electrons. The van der Waals surface area contributed by atoms with Crippen molar-refractivity contribution < 1.29 is 23.0 Å². The lowest BCUT2D eigenvalue weighted by molar-refractivity contribution is 0.146. The Labute approximate surface area is 254 Å². The SMILES string of the molecule is COCCOc1cc(F)c(Cn2nc(-c3nc4c(c(Nc5ccncc5OC)n3)CCC(C)(C)C4)c3ccccc32)c(F)c1. The number of para-hydroxylation sites is 1. The van der Waals surface area contributed by atoms with Crippen LogP contribution in [0.25, 0.3) is 22.4 Å². The summed E-state index contributed by atoms with van der Waals surface area (Å²) in [6.07, 6.45) is 5.92. The van der Waals surface area contributed by atoms with E-state index < -0.39 is 11.6 Å². The minimum absolute atomic E-state index is 0.0696. The van der Waals surface area contributed by atoms with E-state index in [9.17, 15) is 0 Å². The van der Waals surface area contributed by atoms with E-state index in [1.165, 1.54) is 19.2 Å². The molecule has 0 spiro atoms. The van der Waals surface area contributed by atoms with Crippen molar-refractivity contribution in [2.75, 3.05) is 32.8 Å². The molecule has 0 atom stereocenters. The zero-order chi connectivity index (χ0) is 30.8. The van der Waals surface area contributed by atoms with E-state index in [1.54, 1.807) is 24.2 Å². The van der Waals surface area contributed by atoms with Gasteiger partial charge in [-0.1, -0.05) is 32.0 Å². The fourth-order valence-corrected chi connectivity index (χ4v) is 5.55. The highest BCUT2D eigenvalue weighted by Gasteiger charge is 2.30. The molecule has 0 aliphatic heterocycles. The van der Waals surface area contributed by atoms with E-state index in [2.05, 4.69) is 24.1 Å². The number of rotatable bonds is 10. The monoisotopic (exact) mass is 600 g/mol. The van der Waals surface area contributed by atoms with Crippen LogP contribution in [0.3, 0.4) is 0 Å². The van der Waals surface area contributed by atoms with Gasteiger partial charge >= 0.3 is 0 Å². The first-order chi connectivity index (χ1) is 21.3. The molecule has 11 heteroatoms. The number of aromatic nitrogens is 5. The molecule has 0 fully saturated rings. The number of nitrogens with one attached hydrogen (secondary N) is 1. The van der Waals surface area contributed by atoms with Crippen LogP contribution in [0.4, 0.5) is 20.3 Å². The van der Waals surface area contributed by atoms with Gasteiger partial charge in [-0.2, -0.15) is 5.10 Å². The zero-order valence-corrected chi connectivity index (χ0v) is 25.2. The molecule has 2 aromatic carbocycles. The largest absolute Gasteiger partial charge is 0.493 e. The molecular formula is C33H34F2N6O3. The molecule has 1 aliphatic carbocycles. The van der Waals surface area contributed by atoms with Crippen molar-refractivity contribution in [1.29, 1.82) is 0 Å². The summed E-state index contributed by atoms with van der Waals surface area (Å²) in [6.45, 7) is 4.83. The molecule has 0 radical (unpaired) electrons. The van der Waals surface area contributed by atoms with Crippen LogP contribution in [0.15, 0.2) is 54.9 Å². The molecule has 3 aromatic heterocycles. The third kappa shape index (κ3) is 5.92. The second-order valence-corrected chi connectivity index (χ2v) is 11.6. The highest BCUT2D eigenvalue weighted by atomic mass is 19.1. The summed E-state index contributed by atoms with van der Waals surface area (Å²) in [6, 6.07) is 11.7. The first kappa shape index (κ1) is 29.4. The average Bonchev–Trinajstić information content (AvgIpc) is 3.37. The summed E-state index contributed by atoms with van der Waals surface area (Å²) >= 11 is 0. The molecule has 9 nitrogen and oxygen atoms in total. The lowest BCUT2D eigenvalue weighted by atomic mass is 9.76. The number of benzene rings is 2. The van der Waals surface area contributed by atoms with Crippen LogP contribution >= 0.6 is 0 Å². The molecule has 5 aromatic rings. The van der Waals surface area contributed by atoms with Crippen molar-refractivity contribution >= 4 is 22.4 Å².